The smallest absolute Gasteiger partial charge is 0.247 e. The van der Waals surface area contributed by atoms with E-state index in [1.165, 1.54) is 25.1 Å². The van der Waals surface area contributed by atoms with Gasteiger partial charge in [-0.2, -0.15) is 4.31 Å². The quantitative estimate of drug-likeness (QED) is 0.600. The van der Waals surface area contributed by atoms with Crippen molar-refractivity contribution in [2.75, 3.05) is 10.6 Å². The van der Waals surface area contributed by atoms with Gasteiger partial charge in [0.15, 0.2) is 0 Å². The number of benzene rings is 3. The molecule has 1 heterocycles. The standard InChI is InChI=1S/C24H22FN3O4S/c1-16(29)26-19-10-12-20(13-11-19)27-24(30)22-14-17-6-2-3-7-18(17)15-28(22)33(31,32)23-9-5-4-8-21(23)25/h2-13,22H,14-15H2,1H3,(H,26,29)(H,27,30)/t22-/m0/s1. The van der Waals surface area contributed by atoms with Crippen molar-refractivity contribution >= 4 is 33.2 Å². The van der Waals surface area contributed by atoms with Gasteiger partial charge < -0.3 is 10.6 Å². The highest BCUT2D eigenvalue weighted by atomic mass is 32.2. The van der Waals surface area contributed by atoms with Crippen LogP contribution in [0.3, 0.4) is 0 Å². The van der Waals surface area contributed by atoms with Crippen LogP contribution in [0.5, 0.6) is 0 Å². The number of nitrogens with zero attached hydrogens (tertiary/aromatic N) is 1. The summed E-state index contributed by atoms with van der Waals surface area (Å²) >= 11 is 0. The molecule has 0 aliphatic carbocycles. The fourth-order valence-electron chi connectivity index (χ4n) is 3.82. The third kappa shape index (κ3) is 4.79. The summed E-state index contributed by atoms with van der Waals surface area (Å²) in [6.07, 6.45) is 0.152. The van der Waals surface area contributed by atoms with Gasteiger partial charge in [0.25, 0.3) is 0 Å². The second-order valence-corrected chi connectivity index (χ2v) is 9.58. The van der Waals surface area contributed by atoms with Crippen molar-refractivity contribution in [3.05, 3.63) is 89.7 Å². The summed E-state index contributed by atoms with van der Waals surface area (Å²) in [6.45, 7) is 1.34. The minimum atomic E-state index is -4.29. The molecule has 2 amide bonds. The highest BCUT2D eigenvalue weighted by molar-refractivity contribution is 7.89. The maximum absolute atomic E-state index is 14.4. The topological polar surface area (TPSA) is 95.6 Å². The normalized spacial score (nSPS) is 16.0. The first-order valence-electron chi connectivity index (χ1n) is 10.3. The zero-order chi connectivity index (χ0) is 23.6. The Morgan fingerprint density at radius 2 is 1.45 bits per heavy atom. The number of hydrogen-bond acceptors (Lipinski definition) is 4. The molecule has 1 atom stereocenters. The molecule has 0 unspecified atom stereocenters. The van der Waals surface area contributed by atoms with Gasteiger partial charge >= 0.3 is 0 Å². The Morgan fingerprint density at radius 3 is 2.09 bits per heavy atom. The molecule has 2 N–H and O–H groups in total. The van der Waals surface area contributed by atoms with Crippen LogP contribution in [0, 0.1) is 5.82 Å². The summed E-state index contributed by atoms with van der Waals surface area (Å²) in [5, 5.41) is 5.38. The molecular weight excluding hydrogens is 445 g/mol. The molecule has 0 radical (unpaired) electrons. The fourth-order valence-corrected chi connectivity index (χ4v) is 5.45. The van der Waals surface area contributed by atoms with E-state index in [0.29, 0.717) is 11.4 Å². The zero-order valence-electron chi connectivity index (χ0n) is 17.8. The van der Waals surface area contributed by atoms with Gasteiger partial charge in [0.05, 0.1) is 0 Å². The fraction of sp³-hybridized carbons (Fsp3) is 0.167. The summed E-state index contributed by atoms with van der Waals surface area (Å²) in [5.41, 5.74) is 2.63. The minimum Gasteiger partial charge on any atom is -0.326 e. The maximum Gasteiger partial charge on any atom is 0.247 e. The zero-order valence-corrected chi connectivity index (χ0v) is 18.6. The molecule has 0 aromatic heterocycles. The molecule has 0 bridgehead atoms. The van der Waals surface area contributed by atoms with Crippen LogP contribution in [-0.4, -0.2) is 30.6 Å². The van der Waals surface area contributed by atoms with Gasteiger partial charge in [-0.15, -0.1) is 0 Å². The van der Waals surface area contributed by atoms with Crippen molar-refractivity contribution in [1.82, 2.24) is 4.31 Å². The van der Waals surface area contributed by atoms with Crippen molar-refractivity contribution in [2.24, 2.45) is 0 Å². The average Bonchev–Trinajstić information content (AvgIpc) is 2.79. The maximum atomic E-state index is 14.4. The van der Waals surface area contributed by atoms with E-state index in [4.69, 9.17) is 0 Å². The van der Waals surface area contributed by atoms with Crippen LogP contribution in [-0.2, 0) is 32.6 Å². The lowest BCUT2D eigenvalue weighted by Gasteiger charge is -2.35. The number of anilines is 2. The summed E-state index contributed by atoms with van der Waals surface area (Å²) in [4.78, 5) is 23.9. The third-order valence-corrected chi connectivity index (χ3v) is 7.29. The van der Waals surface area contributed by atoms with E-state index in [1.807, 2.05) is 12.1 Å². The largest absolute Gasteiger partial charge is 0.326 e. The highest BCUT2D eigenvalue weighted by Gasteiger charge is 2.40. The SMILES string of the molecule is CC(=O)Nc1ccc(NC(=O)[C@@H]2Cc3ccccc3CN2S(=O)(=O)c2ccccc2F)cc1. The number of carbonyl (C=O) groups is 2. The number of halogens is 1. The molecule has 33 heavy (non-hydrogen) atoms. The Balaban J connectivity index is 1.66. The van der Waals surface area contributed by atoms with Crippen molar-refractivity contribution in [3.8, 4) is 0 Å². The molecule has 1 aliphatic rings. The van der Waals surface area contributed by atoms with E-state index in [2.05, 4.69) is 10.6 Å². The molecule has 3 aromatic carbocycles. The van der Waals surface area contributed by atoms with Crippen LogP contribution in [0.25, 0.3) is 0 Å². The molecule has 0 saturated heterocycles. The Bertz CT molecular complexity index is 1310. The molecule has 7 nitrogen and oxygen atoms in total. The van der Waals surface area contributed by atoms with Gasteiger partial charge in [0, 0.05) is 24.8 Å². The van der Waals surface area contributed by atoms with Gasteiger partial charge in [-0.1, -0.05) is 36.4 Å². The third-order valence-electron chi connectivity index (χ3n) is 5.40. The van der Waals surface area contributed by atoms with Gasteiger partial charge in [-0.25, -0.2) is 12.8 Å². The Morgan fingerprint density at radius 1 is 0.879 bits per heavy atom. The molecule has 0 spiro atoms. The summed E-state index contributed by atoms with van der Waals surface area (Å²) in [6, 6.07) is 17.8. The van der Waals surface area contributed by atoms with Crippen molar-refractivity contribution in [2.45, 2.75) is 30.8 Å². The molecule has 4 rings (SSSR count). The van der Waals surface area contributed by atoms with E-state index >= 15 is 0 Å². The summed E-state index contributed by atoms with van der Waals surface area (Å²) in [7, 11) is -4.29. The number of nitrogens with one attached hydrogen (secondary N) is 2. The van der Waals surface area contributed by atoms with Crippen LogP contribution in [0.15, 0.2) is 77.7 Å². The Kier molecular flexibility index (Phi) is 6.26. The minimum absolute atomic E-state index is 0.0492. The lowest BCUT2D eigenvalue weighted by atomic mass is 9.95. The van der Waals surface area contributed by atoms with Crippen LogP contribution >= 0.6 is 0 Å². The van der Waals surface area contributed by atoms with Crippen molar-refractivity contribution in [3.63, 3.8) is 0 Å². The number of amides is 2. The van der Waals surface area contributed by atoms with E-state index in [9.17, 15) is 22.4 Å². The first kappa shape index (κ1) is 22.6. The van der Waals surface area contributed by atoms with Crippen molar-refractivity contribution in [1.29, 1.82) is 0 Å². The number of rotatable bonds is 5. The number of fused-ring (bicyclic) bond motifs is 1. The molecule has 9 heteroatoms. The summed E-state index contributed by atoms with van der Waals surface area (Å²) < 4.78 is 42.2. The second-order valence-electron chi connectivity index (χ2n) is 7.72. The molecule has 170 valence electrons. The van der Waals surface area contributed by atoms with Crippen molar-refractivity contribution < 1.29 is 22.4 Å². The lowest BCUT2D eigenvalue weighted by molar-refractivity contribution is -0.120. The van der Waals surface area contributed by atoms with E-state index in [0.717, 1.165) is 21.5 Å². The average molecular weight is 468 g/mol. The van der Waals surface area contributed by atoms with E-state index in [-0.39, 0.29) is 18.9 Å². The van der Waals surface area contributed by atoms with Gasteiger partial charge in [0.1, 0.15) is 16.8 Å². The molecule has 1 aliphatic heterocycles. The second kappa shape index (κ2) is 9.13. The molecule has 3 aromatic rings. The molecule has 0 saturated carbocycles. The predicted octanol–water partition coefficient (Wildman–Crippen LogP) is 3.54. The number of sulfonamides is 1. The predicted molar refractivity (Wildman–Crippen MR) is 122 cm³/mol. The number of hydrogen-bond donors (Lipinski definition) is 2. The monoisotopic (exact) mass is 467 g/mol. The lowest BCUT2D eigenvalue weighted by Crippen LogP contribution is -2.50. The molecule has 0 fully saturated rings. The van der Waals surface area contributed by atoms with Crippen LogP contribution in [0.1, 0.15) is 18.1 Å². The van der Waals surface area contributed by atoms with Gasteiger partial charge in [-0.3, -0.25) is 9.59 Å². The van der Waals surface area contributed by atoms with E-state index in [1.54, 1.807) is 36.4 Å². The van der Waals surface area contributed by atoms with Crippen LogP contribution in [0.4, 0.5) is 15.8 Å². The van der Waals surface area contributed by atoms with Crippen LogP contribution < -0.4 is 10.6 Å². The Labute approximate surface area is 191 Å². The van der Waals surface area contributed by atoms with Crippen LogP contribution in [0.2, 0.25) is 0 Å². The highest BCUT2D eigenvalue weighted by Crippen LogP contribution is 2.30. The molecular formula is C24H22FN3O4S. The Hall–Kier alpha value is -3.56. The first-order chi connectivity index (χ1) is 15.8. The van der Waals surface area contributed by atoms with Gasteiger partial charge in [-0.05, 0) is 53.9 Å². The van der Waals surface area contributed by atoms with Gasteiger partial charge in [0.2, 0.25) is 21.8 Å². The number of carbonyl (C=O) groups excluding carboxylic acids is 2. The first-order valence-corrected chi connectivity index (χ1v) is 11.7. The summed E-state index contributed by atoms with van der Waals surface area (Å²) in [5.74, 6) is -1.62. The van der Waals surface area contributed by atoms with E-state index < -0.39 is 32.7 Å².